The predicted molar refractivity (Wildman–Crippen MR) is 193 cm³/mol. The fourth-order valence-corrected chi connectivity index (χ4v) is 5.56. The second-order valence-electron chi connectivity index (χ2n) is 12.6. The van der Waals surface area contributed by atoms with Crippen LogP contribution in [0.2, 0.25) is 0 Å². The van der Waals surface area contributed by atoms with E-state index in [1.165, 1.54) is 4.90 Å². The van der Waals surface area contributed by atoms with Crippen molar-refractivity contribution < 1.29 is 33.8 Å². The van der Waals surface area contributed by atoms with Crippen molar-refractivity contribution in [1.29, 1.82) is 0 Å². The number of nitrogen functional groups attached to an aromatic ring is 1. The molecular formula is C37H48N6O7. The summed E-state index contributed by atoms with van der Waals surface area (Å²) in [4.78, 5) is 55.0. The number of aliphatic hydroxyl groups is 1. The normalized spacial score (nSPS) is 16.2. The molecule has 1 heterocycles. The molecule has 1 aliphatic heterocycles. The molecule has 13 heteroatoms. The molecule has 0 aliphatic carbocycles. The van der Waals surface area contributed by atoms with Crippen molar-refractivity contribution in [3.8, 4) is 11.5 Å². The average molecular weight is 689 g/mol. The second-order valence-corrected chi connectivity index (χ2v) is 12.6. The van der Waals surface area contributed by atoms with E-state index < -0.39 is 12.1 Å². The third kappa shape index (κ3) is 10.3. The molecule has 3 aromatic rings. The fourth-order valence-electron chi connectivity index (χ4n) is 5.56. The van der Waals surface area contributed by atoms with Gasteiger partial charge in [-0.25, -0.2) is 4.79 Å². The summed E-state index contributed by atoms with van der Waals surface area (Å²) in [5.41, 5.74) is 8.25. The summed E-state index contributed by atoms with van der Waals surface area (Å²) in [6.07, 6.45) is 1.95. The third-order valence-corrected chi connectivity index (χ3v) is 8.63. The van der Waals surface area contributed by atoms with E-state index in [9.17, 15) is 24.3 Å². The van der Waals surface area contributed by atoms with Crippen LogP contribution in [0.5, 0.6) is 11.5 Å². The maximum atomic E-state index is 13.8. The molecule has 0 radical (unpaired) electrons. The van der Waals surface area contributed by atoms with Crippen LogP contribution in [0.4, 0.5) is 27.5 Å². The van der Waals surface area contributed by atoms with Crippen molar-refractivity contribution in [2.75, 3.05) is 55.5 Å². The number of nitrogens with two attached hydrogens (primary N) is 1. The van der Waals surface area contributed by atoms with Crippen molar-refractivity contribution in [2.24, 2.45) is 5.92 Å². The number of aliphatic hydroxyl groups excluding tert-OH is 1. The smallest absolute Gasteiger partial charge is 0.321 e. The minimum Gasteiger partial charge on any atom is -0.497 e. The average Bonchev–Trinajstić information content (AvgIpc) is 3.10. The first-order chi connectivity index (χ1) is 24.0. The number of amides is 5. The van der Waals surface area contributed by atoms with Gasteiger partial charge in [0.05, 0.1) is 43.2 Å². The minimum atomic E-state index is -0.491. The molecule has 0 saturated heterocycles. The van der Waals surface area contributed by atoms with E-state index >= 15 is 0 Å². The maximum Gasteiger partial charge on any atom is 0.321 e. The molecular weight excluding hydrogens is 640 g/mol. The lowest BCUT2D eigenvalue weighted by Crippen LogP contribution is -2.50. The van der Waals surface area contributed by atoms with Crippen LogP contribution in [0.15, 0.2) is 66.7 Å². The highest BCUT2D eigenvalue weighted by Gasteiger charge is 2.34. The highest BCUT2D eigenvalue weighted by molar-refractivity contribution is 6.00. The number of unbranched alkanes of at least 4 members (excludes halogenated alkanes) is 2. The largest absolute Gasteiger partial charge is 0.497 e. The van der Waals surface area contributed by atoms with Crippen molar-refractivity contribution in [3.63, 3.8) is 0 Å². The highest BCUT2D eigenvalue weighted by Crippen LogP contribution is 2.31. The Kier molecular flexibility index (Phi) is 13.4. The number of anilines is 4. The van der Waals surface area contributed by atoms with Gasteiger partial charge in [0.15, 0.2) is 0 Å². The molecule has 0 aromatic heterocycles. The van der Waals surface area contributed by atoms with Gasteiger partial charge in [-0.1, -0.05) is 25.5 Å². The first-order valence-electron chi connectivity index (χ1n) is 16.8. The van der Waals surface area contributed by atoms with Gasteiger partial charge in [-0.15, -0.1) is 0 Å². The minimum absolute atomic E-state index is 0.135. The lowest BCUT2D eigenvalue weighted by atomic mass is 9.99. The standard InChI is InChI=1S/C37H48N6O7/c1-24-21-43(25(2)23-44)36(47)29-20-27(39-34(45)12-6-5-7-13-35(46)41-31-11-9-8-10-30(31)38)16-19-32(29)50-33(24)22-42(3)37(48)40-26-14-17-28(49-4)18-15-26/h8-11,14-20,24-25,33,44H,5-7,12-13,21-23,38H2,1-4H3,(H,39,45)(H,40,48)(H,41,46)/t24-,25-,33+/m0/s1. The zero-order valence-electron chi connectivity index (χ0n) is 29.1. The molecule has 6 N–H and O–H groups in total. The Balaban J connectivity index is 1.36. The molecule has 268 valence electrons. The number of methoxy groups -OCH3 is 1. The summed E-state index contributed by atoms with van der Waals surface area (Å²) >= 11 is 0. The van der Waals surface area contributed by atoms with E-state index in [1.54, 1.807) is 92.7 Å². The van der Waals surface area contributed by atoms with Crippen LogP contribution in [0.1, 0.15) is 56.3 Å². The predicted octanol–water partition coefficient (Wildman–Crippen LogP) is 5.19. The lowest BCUT2D eigenvalue weighted by Gasteiger charge is -2.38. The number of nitrogens with one attached hydrogen (secondary N) is 3. The molecule has 0 spiro atoms. The molecule has 0 saturated carbocycles. The van der Waals surface area contributed by atoms with Gasteiger partial charge in [0, 0.05) is 43.7 Å². The maximum absolute atomic E-state index is 13.8. The zero-order chi connectivity index (χ0) is 36.2. The van der Waals surface area contributed by atoms with Gasteiger partial charge < -0.3 is 46.1 Å². The first kappa shape index (κ1) is 37.5. The van der Waals surface area contributed by atoms with E-state index in [1.807, 2.05) is 6.92 Å². The van der Waals surface area contributed by atoms with Crippen LogP contribution in [-0.2, 0) is 9.59 Å². The number of likely N-dealkylation sites (N-methyl/N-ethyl adjacent to an activating group) is 1. The van der Waals surface area contributed by atoms with Gasteiger partial charge in [-0.05, 0) is 74.4 Å². The number of hydrogen-bond donors (Lipinski definition) is 5. The molecule has 13 nitrogen and oxygen atoms in total. The van der Waals surface area contributed by atoms with Crippen LogP contribution < -0.4 is 31.2 Å². The van der Waals surface area contributed by atoms with Crippen molar-refractivity contribution in [3.05, 3.63) is 72.3 Å². The number of para-hydroxylation sites is 2. The zero-order valence-corrected chi connectivity index (χ0v) is 29.1. The number of carbonyl (C=O) groups is 4. The molecule has 0 bridgehead atoms. The monoisotopic (exact) mass is 688 g/mol. The van der Waals surface area contributed by atoms with Gasteiger partial charge >= 0.3 is 6.03 Å². The summed E-state index contributed by atoms with van der Waals surface area (Å²) in [7, 11) is 3.24. The third-order valence-electron chi connectivity index (χ3n) is 8.63. The Morgan fingerprint density at radius 3 is 2.30 bits per heavy atom. The Bertz CT molecular complexity index is 1630. The van der Waals surface area contributed by atoms with E-state index in [2.05, 4.69) is 16.0 Å². The van der Waals surface area contributed by atoms with Crippen LogP contribution in [0.25, 0.3) is 0 Å². The van der Waals surface area contributed by atoms with Crippen LogP contribution in [0.3, 0.4) is 0 Å². The number of urea groups is 1. The van der Waals surface area contributed by atoms with Crippen LogP contribution in [0, 0.1) is 5.92 Å². The SMILES string of the molecule is COc1ccc(NC(=O)N(C)C[C@H]2Oc3ccc(NC(=O)CCCCCC(=O)Nc4ccccc4N)cc3C(=O)N([C@@H](C)CO)C[C@@H]2C)cc1. The number of benzene rings is 3. The van der Waals surface area contributed by atoms with E-state index in [-0.39, 0.29) is 61.4 Å². The Morgan fingerprint density at radius 2 is 1.64 bits per heavy atom. The number of fused-ring (bicyclic) bond motifs is 1. The molecule has 3 aromatic carbocycles. The summed E-state index contributed by atoms with van der Waals surface area (Å²) in [6, 6.07) is 18.2. The van der Waals surface area contributed by atoms with Crippen molar-refractivity contribution in [2.45, 2.75) is 58.1 Å². The second kappa shape index (κ2) is 17.9. The Hall–Kier alpha value is -5.30. The number of hydrogen-bond acceptors (Lipinski definition) is 8. The van der Waals surface area contributed by atoms with Crippen molar-refractivity contribution >= 4 is 46.5 Å². The van der Waals surface area contributed by atoms with Gasteiger partial charge in [-0.2, -0.15) is 0 Å². The van der Waals surface area contributed by atoms with E-state index in [0.717, 1.165) is 0 Å². The molecule has 5 amide bonds. The Labute approximate surface area is 293 Å². The summed E-state index contributed by atoms with van der Waals surface area (Å²) in [5.74, 6) is 0.115. The molecule has 0 unspecified atom stereocenters. The quantitative estimate of drug-likeness (QED) is 0.114. The van der Waals surface area contributed by atoms with Crippen LogP contribution in [-0.4, -0.2) is 84.7 Å². The molecule has 3 atom stereocenters. The van der Waals surface area contributed by atoms with Gasteiger partial charge in [-0.3, -0.25) is 14.4 Å². The van der Waals surface area contributed by atoms with Crippen molar-refractivity contribution in [1.82, 2.24) is 9.80 Å². The molecule has 0 fully saturated rings. The molecule has 4 rings (SSSR count). The van der Waals surface area contributed by atoms with E-state index in [4.69, 9.17) is 15.2 Å². The number of nitrogens with zero attached hydrogens (tertiary/aromatic N) is 2. The molecule has 1 aliphatic rings. The topological polar surface area (TPSA) is 176 Å². The van der Waals surface area contributed by atoms with Gasteiger partial charge in [0.1, 0.15) is 17.6 Å². The van der Waals surface area contributed by atoms with Gasteiger partial charge in [0.25, 0.3) is 5.91 Å². The van der Waals surface area contributed by atoms with Gasteiger partial charge in [0.2, 0.25) is 11.8 Å². The molecule has 50 heavy (non-hydrogen) atoms. The number of rotatable bonds is 14. The van der Waals surface area contributed by atoms with Crippen LogP contribution >= 0.6 is 0 Å². The lowest BCUT2D eigenvalue weighted by molar-refractivity contribution is -0.116. The van der Waals surface area contributed by atoms with E-state index in [0.29, 0.717) is 59.9 Å². The first-order valence-corrected chi connectivity index (χ1v) is 16.8. The number of carbonyl (C=O) groups excluding carboxylic acids is 4. The fraction of sp³-hybridized carbons (Fsp3) is 0.405. The summed E-state index contributed by atoms with van der Waals surface area (Å²) < 4.78 is 11.6. The summed E-state index contributed by atoms with van der Waals surface area (Å²) in [5, 5.41) is 18.5. The highest BCUT2D eigenvalue weighted by atomic mass is 16.5. The number of ether oxygens (including phenoxy) is 2. The Morgan fingerprint density at radius 1 is 0.980 bits per heavy atom. The summed E-state index contributed by atoms with van der Waals surface area (Å²) in [6.45, 7) is 3.98.